The number of benzene rings is 2. The first-order valence-electron chi connectivity index (χ1n) is 10.4. The van der Waals surface area contributed by atoms with Crippen LogP contribution in [-0.4, -0.2) is 28.1 Å². The number of aromatic amines is 2. The van der Waals surface area contributed by atoms with E-state index in [2.05, 4.69) is 41.2 Å². The summed E-state index contributed by atoms with van der Waals surface area (Å²) in [6.45, 7) is 4.63. The highest BCUT2D eigenvalue weighted by Crippen LogP contribution is 2.38. The summed E-state index contributed by atoms with van der Waals surface area (Å²) < 4.78 is 0. The van der Waals surface area contributed by atoms with E-state index in [9.17, 15) is 4.79 Å². The second-order valence-electron chi connectivity index (χ2n) is 9.06. The van der Waals surface area contributed by atoms with Crippen LogP contribution in [0.4, 0.5) is 5.69 Å². The molecule has 0 saturated heterocycles. The average molecular weight is 399 g/mol. The lowest BCUT2D eigenvalue weighted by molar-refractivity contribution is 0.0993. The highest BCUT2D eigenvalue weighted by atomic mass is 16.2. The first kappa shape index (κ1) is 18.7. The minimum absolute atomic E-state index is 0.0225. The van der Waals surface area contributed by atoms with Gasteiger partial charge < -0.3 is 9.88 Å². The number of anilines is 1. The summed E-state index contributed by atoms with van der Waals surface area (Å²) in [5.74, 6) is -0.0225. The molecule has 5 rings (SSSR count). The number of nitrogens with one attached hydrogen (secondary N) is 2. The van der Waals surface area contributed by atoms with Gasteiger partial charge in [0.25, 0.3) is 5.91 Å². The molecule has 0 unspecified atom stereocenters. The van der Waals surface area contributed by atoms with E-state index in [4.69, 9.17) is 0 Å². The highest BCUT2D eigenvalue weighted by Gasteiger charge is 2.29. The van der Waals surface area contributed by atoms with E-state index in [1.165, 1.54) is 17.7 Å². The van der Waals surface area contributed by atoms with Gasteiger partial charge in [0.2, 0.25) is 0 Å². The van der Waals surface area contributed by atoms with Crippen LogP contribution in [0.2, 0.25) is 0 Å². The van der Waals surface area contributed by atoms with Crippen LogP contribution in [0.15, 0.2) is 54.6 Å². The van der Waals surface area contributed by atoms with E-state index >= 15 is 0 Å². The molecule has 2 heterocycles. The Hall–Kier alpha value is -3.34. The molecular formula is C25H26N4O. The Labute approximate surface area is 176 Å². The third-order valence-corrected chi connectivity index (χ3v) is 6.23. The quantitative estimate of drug-likeness (QED) is 0.489. The summed E-state index contributed by atoms with van der Waals surface area (Å²) in [6, 6.07) is 17.6. The molecule has 0 radical (unpaired) electrons. The molecule has 4 aromatic rings. The average Bonchev–Trinajstić information content (AvgIpc) is 3.35. The highest BCUT2D eigenvalue weighted by molar-refractivity contribution is 6.06. The summed E-state index contributed by atoms with van der Waals surface area (Å²) >= 11 is 0. The van der Waals surface area contributed by atoms with Crippen LogP contribution in [0.25, 0.3) is 22.3 Å². The van der Waals surface area contributed by atoms with Crippen molar-refractivity contribution < 1.29 is 4.79 Å². The largest absolute Gasteiger partial charge is 0.353 e. The van der Waals surface area contributed by atoms with Gasteiger partial charge in [0.05, 0.1) is 5.69 Å². The van der Waals surface area contributed by atoms with Crippen LogP contribution in [-0.2, 0) is 12.8 Å². The van der Waals surface area contributed by atoms with Crippen molar-refractivity contribution in [2.75, 3.05) is 11.9 Å². The molecule has 0 fully saturated rings. The van der Waals surface area contributed by atoms with Crippen molar-refractivity contribution in [2.45, 2.75) is 33.1 Å². The zero-order valence-electron chi connectivity index (χ0n) is 17.6. The van der Waals surface area contributed by atoms with Gasteiger partial charge in [-0.15, -0.1) is 0 Å². The Morgan fingerprint density at radius 3 is 2.70 bits per heavy atom. The maximum Gasteiger partial charge on any atom is 0.258 e. The first-order valence-corrected chi connectivity index (χ1v) is 10.4. The van der Waals surface area contributed by atoms with Crippen LogP contribution in [0.1, 0.15) is 41.9 Å². The smallest absolute Gasteiger partial charge is 0.258 e. The molecule has 0 spiro atoms. The van der Waals surface area contributed by atoms with Crippen molar-refractivity contribution in [1.29, 1.82) is 0 Å². The van der Waals surface area contributed by atoms with Crippen molar-refractivity contribution in [2.24, 2.45) is 5.41 Å². The summed E-state index contributed by atoms with van der Waals surface area (Å²) in [4.78, 5) is 18.0. The first-order chi connectivity index (χ1) is 14.4. The number of hydrogen-bond donors (Lipinski definition) is 2. The van der Waals surface area contributed by atoms with E-state index in [0.717, 1.165) is 40.8 Å². The van der Waals surface area contributed by atoms with Gasteiger partial charge in [-0.25, -0.2) is 0 Å². The van der Waals surface area contributed by atoms with Crippen LogP contribution in [0.5, 0.6) is 0 Å². The molecule has 1 aliphatic carbocycles. The second kappa shape index (κ2) is 6.87. The Morgan fingerprint density at radius 1 is 1.10 bits per heavy atom. The van der Waals surface area contributed by atoms with Gasteiger partial charge in [-0.3, -0.25) is 9.89 Å². The minimum atomic E-state index is -0.0225. The molecule has 0 saturated carbocycles. The molecule has 0 bridgehead atoms. The number of carbonyl (C=O) groups excluding carboxylic acids is 1. The van der Waals surface area contributed by atoms with E-state index < -0.39 is 0 Å². The monoisotopic (exact) mass is 398 g/mol. The SMILES string of the molecule is CN(C(=O)c1ccccc1)c1ccc2cc(-c3n[nH]c4c3CCC(C)(C)C4)[nH]c2c1. The summed E-state index contributed by atoms with van der Waals surface area (Å²) in [7, 11) is 1.81. The fraction of sp³-hybridized carbons (Fsp3) is 0.280. The van der Waals surface area contributed by atoms with Crippen molar-refractivity contribution in [3.63, 3.8) is 0 Å². The number of rotatable bonds is 3. The Kier molecular flexibility index (Phi) is 4.28. The van der Waals surface area contributed by atoms with E-state index in [-0.39, 0.29) is 5.91 Å². The molecule has 30 heavy (non-hydrogen) atoms. The lowest BCUT2D eigenvalue weighted by Crippen LogP contribution is -2.26. The van der Waals surface area contributed by atoms with Crippen LogP contribution in [0, 0.1) is 5.41 Å². The zero-order chi connectivity index (χ0) is 20.9. The molecule has 1 amide bonds. The number of amides is 1. The molecular weight excluding hydrogens is 372 g/mol. The maximum absolute atomic E-state index is 12.8. The molecule has 2 aromatic heterocycles. The molecule has 0 atom stereocenters. The molecule has 152 valence electrons. The van der Waals surface area contributed by atoms with Gasteiger partial charge >= 0.3 is 0 Å². The number of fused-ring (bicyclic) bond motifs is 2. The van der Waals surface area contributed by atoms with Crippen molar-refractivity contribution in [3.05, 3.63) is 71.4 Å². The predicted molar refractivity (Wildman–Crippen MR) is 121 cm³/mol. The second-order valence-corrected chi connectivity index (χ2v) is 9.06. The minimum Gasteiger partial charge on any atom is -0.353 e. The fourth-order valence-corrected chi connectivity index (χ4v) is 4.41. The van der Waals surface area contributed by atoms with Gasteiger partial charge in [0.1, 0.15) is 5.69 Å². The third kappa shape index (κ3) is 3.20. The van der Waals surface area contributed by atoms with Crippen LogP contribution >= 0.6 is 0 Å². The van der Waals surface area contributed by atoms with Crippen LogP contribution in [0.3, 0.4) is 0 Å². The number of nitrogens with zero attached hydrogens (tertiary/aromatic N) is 2. The van der Waals surface area contributed by atoms with Gasteiger partial charge in [0.15, 0.2) is 0 Å². The summed E-state index contributed by atoms with van der Waals surface area (Å²) in [6.07, 6.45) is 3.25. The Morgan fingerprint density at radius 2 is 1.90 bits per heavy atom. The standard InChI is InChI=1S/C25H26N4O/c1-25(2)12-11-19-22(15-25)27-28-23(19)21-13-17-9-10-18(14-20(17)26-21)29(3)24(30)16-7-5-4-6-8-16/h4-10,13-14,26H,11-12,15H2,1-3H3,(H,27,28). The van der Waals surface area contributed by atoms with Gasteiger partial charge in [-0.05, 0) is 55.0 Å². The zero-order valence-corrected chi connectivity index (χ0v) is 17.6. The number of hydrogen-bond acceptors (Lipinski definition) is 2. The molecule has 5 heteroatoms. The van der Waals surface area contributed by atoms with Crippen molar-refractivity contribution in [1.82, 2.24) is 15.2 Å². The molecule has 1 aliphatic rings. The van der Waals surface area contributed by atoms with Gasteiger partial charge in [0, 0.05) is 40.5 Å². The number of aromatic nitrogens is 3. The van der Waals surface area contributed by atoms with Crippen LogP contribution < -0.4 is 4.90 Å². The predicted octanol–water partition coefficient (Wildman–Crippen LogP) is 5.35. The summed E-state index contributed by atoms with van der Waals surface area (Å²) in [5, 5.41) is 9.01. The third-order valence-electron chi connectivity index (χ3n) is 6.23. The molecule has 0 aliphatic heterocycles. The number of H-pyrrole nitrogens is 2. The summed E-state index contributed by atoms with van der Waals surface area (Å²) in [5.41, 5.74) is 7.49. The Bertz CT molecular complexity index is 1230. The van der Waals surface area contributed by atoms with Gasteiger partial charge in [-0.2, -0.15) is 5.10 Å². The maximum atomic E-state index is 12.8. The van der Waals surface area contributed by atoms with E-state index in [0.29, 0.717) is 11.0 Å². The topological polar surface area (TPSA) is 64.8 Å². The lowest BCUT2D eigenvalue weighted by atomic mass is 9.76. The molecule has 2 N–H and O–H groups in total. The number of carbonyl (C=O) groups is 1. The normalized spacial score (nSPS) is 15.2. The van der Waals surface area contributed by atoms with Crippen molar-refractivity contribution in [3.8, 4) is 11.4 Å². The molecule has 5 nitrogen and oxygen atoms in total. The molecule has 2 aromatic carbocycles. The van der Waals surface area contributed by atoms with E-state index in [1.54, 1.807) is 4.90 Å². The van der Waals surface area contributed by atoms with Crippen molar-refractivity contribution >= 4 is 22.5 Å². The van der Waals surface area contributed by atoms with Gasteiger partial charge in [-0.1, -0.05) is 38.1 Å². The lowest BCUT2D eigenvalue weighted by Gasteiger charge is -2.28. The Balaban J connectivity index is 1.47. The van der Waals surface area contributed by atoms with E-state index in [1.807, 2.05) is 49.5 Å². The fourth-order valence-electron chi connectivity index (χ4n) is 4.41.